The number of nitro groups is 1. The highest BCUT2D eigenvalue weighted by Crippen LogP contribution is 2.36. The number of imide groups is 2. The molecule has 0 aliphatic carbocycles. The molecule has 3 aromatic rings. The molecule has 0 atom stereocenters. The summed E-state index contributed by atoms with van der Waals surface area (Å²) in [5, 5.41) is 14.0. The summed E-state index contributed by atoms with van der Waals surface area (Å²) < 4.78 is 12.0. The number of nitrogens with zero attached hydrogens (tertiary/aromatic N) is 2. The standard InChI is InChI=1S/C25H16Cl2IN3O7/c1-37-21-10-14(9-20(28)22(21)38-12-13-5-6-18(26)19(27)8-13)7-17-23(32)29-25(34)30(24(17)33)15-3-2-4-16(11-15)31(35)36/h2-11H,12H2,1H3,(H,29,32,34)/b17-7+. The number of nitro benzene ring substituents is 1. The van der Waals surface area contributed by atoms with Crippen molar-refractivity contribution in [2.45, 2.75) is 6.61 Å². The van der Waals surface area contributed by atoms with Crippen LogP contribution in [-0.4, -0.2) is 29.9 Å². The predicted octanol–water partition coefficient (Wildman–Crippen LogP) is 5.76. The molecule has 0 radical (unpaired) electrons. The zero-order chi connectivity index (χ0) is 27.6. The Balaban J connectivity index is 1.64. The van der Waals surface area contributed by atoms with Gasteiger partial charge in [-0.15, -0.1) is 0 Å². The van der Waals surface area contributed by atoms with Gasteiger partial charge in [0.1, 0.15) is 12.2 Å². The van der Waals surface area contributed by atoms with E-state index in [0.717, 1.165) is 11.6 Å². The molecule has 1 aliphatic rings. The fraction of sp³-hybridized carbons (Fsp3) is 0.0800. The Bertz CT molecular complexity index is 1530. The number of amides is 4. The second-order valence-corrected chi connectivity index (χ2v) is 9.78. The molecule has 3 aromatic carbocycles. The monoisotopic (exact) mass is 667 g/mol. The van der Waals surface area contributed by atoms with E-state index in [1.165, 1.54) is 31.4 Å². The highest BCUT2D eigenvalue weighted by Gasteiger charge is 2.37. The van der Waals surface area contributed by atoms with E-state index in [4.69, 9.17) is 32.7 Å². The van der Waals surface area contributed by atoms with Crippen LogP contribution in [0.3, 0.4) is 0 Å². The molecule has 38 heavy (non-hydrogen) atoms. The van der Waals surface area contributed by atoms with Gasteiger partial charge >= 0.3 is 6.03 Å². The van der Waals surface area contributed by atoms with Crippen LogP contribution in [0.15, 0.2) is 60.2 Å². The Morgan fingerprint density at radius 1 is 1.08 bits per heavy atom. The molecule has 1 fully saturated rings. The number of carbonyl (C=O) groups is 3. The number of rotatable bonds is 7. The fourth-order valence-corrected chi connectivity index (χ4v) is 4.65. The van der Waals surface area contributed by atoms with Gasteiger partial charge in [0.05, 0.1) is 31.3 Å². The first-order chi connectivity index (χ1) is 18.1. The SMILES string of the molecule is COc1cc(/C=C2\C(=O)NC(=O)N(c3cccc([N+](=O)[O-])c3)C2=O)cc(I)c1OCc1ccc(Cl)c(Cl)c1. The van der Waals surface area contributed by atoms with Gasteiger partial charge in [-0.2, -0.15) is 0 Å². The smallest absolute Gasteiger partial charge is 0.335 e. The molecule has 4 amide bonds. The van der Waals surface area contributed by atoms with Crippen LogP contribution in [0.4, 0.5) is 16.2 Å². The van der Waals surface area contributed by atoms with Gasteiger partial charge in [0.15, 0.2) is 11.5 Å². The maximum absolute atomic E-state index is 13.2. The number of urea groups is 1. The Kier molecular flexibility index (Phi) is 8.19. The molecule has 0 aromatic heterocycles. The molecule has 4 rings (SSSR count). The largest absolute Gasteiger partial charge is 0.493 e. The first kappa shape index (κ1) is 27.4. The average Bonchev–Trinajstić information content (AvgIpc) is 2.87. The summed E-state index contributed by atoms with van der Waals surface area (Å²) in [5.41, 5.74) is 0.469. The second kappa shape index (κ2) is 11.4. The number of benzene rings is 3. The minimum absolute atomic E-state index is 0.0571. The summed E-state index contributed by atoms with van der Waals surface area (Å²) in [4.78, 5) is 49.3. The Labute approximate surface area is 239 Å². The highest BCUT2D eigenvalue weighted by molar-refractivity contribution is 14.1. The van der Waals surface area contributed by atoms with E-state index < -0.39 is 22.8 Å². The lowest BCUT2D eigenvalue weighted by molar-refractivity contribution is -0.384. The van der Waals surface area contributed by atoms with E-state index in [-0.39, 0.29) is 23.6 Å². The molecule has 1 aliphatic heterocycles. The number of barbiturate groups is 1. The molecule has 13 heteroatoms. The molecule has 1 saturated heterocycles. The van der Waals surface area contributed by atoms with Crippen molar-refractivity contribution < 1.29 is 28.8 Å². The lowest BCUT2D eigenvalue weighted by Gasteiger charge is -2.26. The van der Waals surface area contributed by atoms with E-state index in [0.29, 0.717) is 35.6 Å². The number of carbonyl (C=O) groups excluding carboxylic acids is 3. The lowest BCUT2D eigenvalue weighted by atomic mass is 10.1. The van der Waals surface area contributed by atoms with Crippen molar-refractivity contribution >= 4 is 81.1 Å². The average molecular weight is 668 g/mol. The van der Waals surface area contributed by atoms with Crippen molar-refractivity contribution in [2.24, 2.45) is 0 Å². The first-order valence-electron chi connectivity index (χ1n) is 10.7. The summed E-state index contributed by atoms with van der Waals surface area (Å²) in [7, 11) is 1.44. The molecule has 0 unspecified atom stereocenters. The third-order valence-corrected chi connectivity index (χ3v) is 6.87. The summed E-state index contributed by atoms with van der Waals surface area (Å²) in [6, 6.07) is 12.3. The lowest BCUT2D eigenvalue weighted by Crippen LogP contribution is -2.54. The molecule has 0 bridgehead atoms. The summed E-state index contributed by atoms with van der Waals surface area (Å²) in [5.74, 6) is -1.09. The fourth-order valence-electron chi connectivity index (χ4n) is 3.55. The van der Waals surface area contributed by atoms with Gasteiger partial charge in [-0.3, -0.25) is 25.0 Å². The number of anilines is 1. The van der Waals surface area contributed by atoms with Crippen LogP contribution in [0, 0.1) is 13.7 Å². The number of ether oxygens (including phenoxy) is 2. The molecule has 0 saturated carbocycles. The molecule has 0 spiro atoms. The van der Waals surface area contributed by atoms with Crippen molar-refractivity contribution in [3.8, 4) is 11.5 Å². The van der Waals surface area contributed by atoms with Crippen molar-refractivity contribution in [2.75, 3.05) is 12.0 Å². The Morgan fingerprint density at radius 2 is 1.84 bits per heavy atom. The minimum Gasteiger partial charge on any atom is -0.493 e. The van der Waals surface area contributed by atoms with Crippen LogP contribution in [0.5, 0.6) is 11.5 Å². The summed E-state index contributed by atoms with van der Waals surface area (Å²) >= 11 is 14.1. The van der Waals surface area contributed by atoms with E-state index in [2.05, 4.69) is 5.32 Å². The van der Waals surface area contributed by atoms with E-state index >= 15 is 0 Å². The number of methoxy groups -OCH3 is 1. The van der Waals surface area contributed by atoms with Crippen LogP contribution >= 0.6 is 45.8 Å². The molecular formula is C25H16Cl2IN3O7. The zero-order valence-corrected chi connectivity index (χ0v) is 23.0. The molecular weight excluding hydrogens is 652 g/mol. The summed E-state index contributed by atoms with van der Waals surface area (Å²) in [6.45, 7) is 0.171. The second-order valence-electron chi connectivity index (χ2n) is 7.81. The van der Waals surface area contributed by atoms with E-state index in [1.54, 1.807) is 30.3 Å². The maximum Gasteiger partial charge on any atom is 0.335 e. The molecule has 10 nitrogen and oxygen atoms in total. The molecule has 194 valence electrons. The summed E-state index contributed by atoms with van der Waals surface area (Å²) in [6.07, 6.45) is 1.29. The van der Waals surface area contributed by atoms with E-state index in [1.807, 2.05) is 22.6 Å². The van der Waals surface area contributed by atoms with Crippen LogP contribution in [-0.2, 0) is 16.2 Å². The minimum atomic E-state index is -1.02. The van der Waals surface area contributed by atoms with Crippen LogP contribution in [0.25, 0.3) is 6.08 Å². The number of nitrogens with one attached hydrogen (secondary N) is 1. The number of halogens is 3. The topological polar surface area (TPSA) is 128 Å². The molecule has 1 N–H and O–H groups in total. The van der Waals surface area contributed by atoms with Crippen LogP contribution in [0.1, 0.15) is 11.1 Å². The molecule has 1 heterocycles. The Morgan fingerprint density at radius 3 is 2.53 bits per heavy atom. The normalized spacial score (nSPS) is 14.5. The van der Waals surface area contributed by atoms with Crippen molar-refractivity contribution in [3.63, 3.8) is 0 Å². The van der Waals surface area contributed by atoms with Gasteiger partial charge in [0.25, 0.3) is 17.5 Å². The van der Waals surface area contributed by atoms with E-state index in [9.17, 15) is 24.5 Å². The van der Waals surface area contributed by atoms with Gasteiger partial charge in [-0.05, 0) is 70.1 Å². The third kappa shape index (κ3) is 5.74. The van der Waals surface area contributed by atoms with Gasteiger partial charge in [0.2, 0.25) is 0 Å². The van der Waals surface area contributed by atoms with Gasteiger partial charge in [-0.25, -0.2) is 9.69 Å². The van der Waals surface area contributed by atoms with Gasteiger partial charge < -0.3 is 9.47 Å². The first-order valence-corrected chi connectivity index (χ1v) is 12.5. The highest BCUT2D eigenvalue weighted by atomic mass is 127. The van der Waals surface area contributed by atoms with Crippen molar-refractivity contribution in [1.82, 2.24) is 5.32 Å². The van der Waals surface area contributed by atoms with Gasteiger partial charge in [-0.1, -0.05) is 35.3 Å². The number of hydrogen-bond acceptors (Lipinski definition) is 7. The number of hydrogen-bond donors (Lipinski definition) is 1. The van der Waals surface area contributed by atoms with Crippen LogP contribution in [0.2, 0.25) is 10.0 Å². The maximum atomic E-state index is 13.2. The van der Waals surface area contributed by atoms with Crippen molar-refractivity contribution in [1.29, 1.82) is 0 Å². The predicted molar refractivity (Wildman–Crippen MR) is 149 cm³/mol. The van der Waals surface area contributed by atoms with Crippen LogP contribution < -0.4 is 19.7 Å². The number of non-ortho nitro benzene ring substituents is 1. The third-order valence-electron chi connectivity index (χ3n) is 5.33. The van der Waals surface area contributed by atoms with Crippen molar-refractivity contribution in [3.05, 3.63) is 95.0 Å². The van der Waals surface area contributed by atoms with Gasteiger partial charge in [0, 0.05) is 12.1 Å². The Hall–Kier alpha value is -3.68. The zero-order valence-electron chi connectivity index (χ0n) is 19.4. The quantitative estimate of drug-likeness (QED) is 0.112.